The van der Waals surface area contributed by atoms with E-state index in [2.05, 4.69) is 0 Å². The Bertz CT molecular complexity index is 760. The molecule has 0 saturated heterocycles. The lowest BCUT2D eigenvalue weighted by atomic mass is 10.3. The molecule has 0 aliphatic rings. The van der Waals surface area contributed by atoms with Crippen LogP contribution in [0.1, 0.15) is 6.42 Å². The fourth-order valence-corrected chi connectivity index (χ4v) is 3.22. The molecule has 0 fully saturated rings. The van der Waals surface area contributed by atoms with Crippen LogP contribution in [0, 0.1) is 0 Å². The molecule has 0 saturated carbocycles. The van der Waals surface area contributed by atoms with E-state index < -0.39 is 10.0 Å². The van der Waals surface area contributed by atoms with Crippen molar-refractivity contribution in [2.75, 3.05) is 16.0 Å². The molecule has 120 valence electrons. The fraction of sp³-hybridized carbons (Fsp3) is 0.308. The monoisotopic (exact) mass is 345 g/mol. The third-order valence-electron chi connectivity index (χ3n) is 3.11. The van der Waals surface area contributed by atoms with Crippen molar-refractivity contribution in [1.29, 1.82) is 0 Å². The average molecular weight is 346 g/mol. The molecule has 0 amide bonds. The number of benzene rings is 1. The van der Waals surface area contributed by atoms with Crippen LogP contribution in [0.2, 0.25) is 5.02 Å². The van der Waals surface area contributed by atoms with Gasteiger partial charge in [0, 0.05) is 6.42 Å². The molecule has 2 aromatic rings. The number of aromatic nitrogens is 2. The summed E-state index contributed by atoms with van der Waals surface area (Å²) < 4.78 is 28.2. The molecular formula is C13H18ClN4O3S+. The van der Waals surface area contributed by atoms with Crippen molar-refractivity contribution in [1.82, 2.24) is 4.57 Å². The zero-order valence-corrected chi connectivity index (χ0v) is 13.6. The van der Waals surface area contributed by atoms with E-state index in [0.29, 0.717) is 18.7 Å². The zero-order chi connectivity index (χ0) is 16.3. The molecule has 22 heavy (non-hydrogen) atoms. The summed E-state index contributed by atoms with van der Waals surface area (Å²) in [7, 11) is -1.95. The molecule has 7 nitrogen and oxygen atoms in total. The van der Waals surface area contributed by atoms with Gasteiger partial charge in [-0.1, -0.05) is 11.6 Å². The summed E-state index contributed by atoms with van der Waals surface area (Å²) in [5.74, 6) is -0.187. The number of nitrogens with zero attached hydrogens (tertiary/aromatic N) is 3. The number of nitrogens with two attached hydrogens (primary N) is 1. The van der Waals surface area contributed by atoms with Crippen LogP contribution in [0.25, 0.3) is 0 Å². The van der Waals surface area contributed by atoms with E-state index in [1.807, 2.05) is 34.9 Å². The van der Waals surface area contributed by atoms with Gasteiger partial charge in [0.1, 0.15) is 12.4 Å². The maximum atomic E-state index is 12.1. The first-order valence-corrected chi connectivity index (χ1v) is 8.56. The minimum Gasteiger partial charge on any atom is -0.398 e. The predicted molar refractivity (Wildman–Crippen MR) is 84.1 cm³/mol. The van der Waals surface area contributed by atoms with E-state index in [4.69, 9.17) is 17.3 Å². The zero-order valence-electron chi connectivity index (χ0n) is 12.1. The largest absolute Gasteiger partial charge is 0.398 e. The molecule has 0 radical (unpaired) electrons. The number of rotatable bonds is 6. The smallest absolute Gasteiger partial charge is 0.257 e. The highest BCUT2D eigenvalue weighted by Gasteiger charge is 2.21. The Morgan fingerprint density at radius 3 is 2.77 bits per heavy atom. The first-order chi connectivity index (χ1) is 10.3. The average Bonchev–Trinajstić information content (AvgIpc) is 2.86. The van der Waals surface area contributed by atoms with Gasteiger partial charge in [0.25, 0.3) is 10.0 Å². The second-order valence-corrected chi connectivity index (χ2v) is 7.26. The molecule has 0 atom stereocenters. The number of halogens is 1. The number of aryl methyl sites for hydroxylation is 2. The minimum absolute atomic E-state index is 0.0616. The van der Waals surface area contributed by atoms with Crippen molar-refractivity contribution in [2.24, 2.45) is 7.05 Å². The summed E-state index contributed by atoms with van der Waals surface area (Å²) in [5.41, 5.74) is 5.94. The normalized spacial score (nSPS) is 11.6. The number of hydrogen-bond donors (Lipinski definition) is 2. The Morgan fingerprint density at radius 1 is 1.45 bits per heavy atom. The summed E-state index contributed by atoms with van der Waals surface area (Å²) in [4.78, 5) is 0. The summed E-state index contributed by atoms with van der Waals surface area (Å²) in [6, 6.07) is 4.14. The number of hydrogen-bond acceptors (Lipinski definition) is 4. The molecule has 1 heterocycles. The third kappa shape index (κ3) is 3.90. The van der Waals surface area contributed by atoms with Gasteiger partial charge in [-0.2, -0.15) is 0 Å². The third-order valence-corrected chi connectivity index (χ3v) is 4.98. The summed E-state index contributed by atoms with van der Waals surface area (Å²) in [6.45, 7) is 0.538. The Balaban J connectivity index is 2.00. The molecule has 0 bridgehead atoms. The first kappa shape index (κ1) is 16.6. The number of anilines is 2. The summed E-state index contributed by atoms with van der Waals surface area (Å²) in [6.07, 6.45) is 5.94. The van der Waals surface area contributed by atoms with Crippen molar-refractivity contribution in [3.8, 4) is 0 Å². The van der Waals surface area contributed by atoms with Gasteiger partial charge in [-0.15, -0.1) is 4.47 Å². The van der Waals surface area contributed by atoms with Crippen LogP contribution in [0.4, 0.5) is 11.4 Å². The highest BCUT2D eigenvalue weighted by molar-refractivity contribution is 7.92. The number of nitrogen functional groups attached to an aromatic ring is 1. The van der Waals surface area contributed by atoms with Gasteiger partial charge in [-0.25, -0.2) is 17.6 Å². The molecular weight excluding hydrogens is 328 g/mol. The molecule has 1 aromatic carbocycles. The van der Waals surface area contributed by atoms with E-state index in [1.54, 1.807) is 0 Å². The van der Waals surface area contributed by atoms with E-state index in [1.165, 1.54) is 18.2 Å². The SMILES string of the molecule is C[n+]1ccn(CCCS(=O)(=O)N(O)c2ccc(N)c(Cl)c2)c1. The van der Waals surface area contributed by atoms with E-state index >= 15 is 0 Å². The van der Waals surface area contributed by atoms with Gasteiger partial charge in [-0.3, -0.25) is 5.21 Å². The second kappa shape index (κ2) is 6.55. The first-order valence-electron chi connectivity index (χ1n) is 6.57. The van der Waals surface area contributed by atoms with Crippen molar-refractivity contribution < 1.29 is 18.2 Å². The molecule has 9 heteroatoms. The maximum absolute atomic E-state index is 12.1. The maximum Gasteiger partial charge on any atom is 0.257 e. The molecule has 0 spiro atoms. The number of sulfonamides is 1. The molecule has 0 aliphatic carbocycles. The highest BCUT2D eigenvalue weighted by Crippen LogP contribution is 2.26. The van der Waals surface area contributed by atoms with Crippen LogP contribution in [0.3, 0.4) is 0 Å². The van der Waals surface area contributed by atoms with Crippen LogP contribution in [0.15, 0.2) is 36.9 Å². The Hall–Kier alpha value is -1.77. The molecule has 0 aliphatic heterocycles. The van der Waals surface area contributed by atoms with Gasteiger partial charge >= 0.3 is 0 Å². The lowest BCUT2D eigenvalue weighted by Gasteiger charge is -2.17. The van der Waals surface area contributed by atoms with Gasteiger partial charge in [0.15, 0.2) is 0 Å². The lowest BCUT2D eigenvalue weighted by Crippen LogP contribution is -2.30. The summed E-state index contributed by atoms with van der Waals surface area (Å²) in [5, 5.41) is 10.1. The van der Waals surface area contributed by atoms with Crippen molar-refractivity contribution >= 4 is 33.0 Å². The molecule has 1 aromatic heterocycles. The van der Waals surface area contributed by atoms with Gasteiger partial charge < -0.3 is 5.73 Å². The lowest BCUT2D eigenvalue weighted by molar-refractivity contribution is -0.671. The van der Waals surface area contributed by atoms with Crippen LogP contribution in [-0.4, -0.2) is 23.9 Å². The predicted octanol–water partition coefficient (Wildman–Crippen LogP) is 1.16. The standard InChI is InChI=1S/C13H18ClN4O3S/c1-16-6-7-17(10-16)5-2-8-22(20,21)18(19)11-3-4-13(15)12(14)9-11/h3-4,6-7,9-10,19H,2,5,8,15H2,1H3/q+1. The van der Waals surface area contributed by atoms with E-state index in [-0.39, 0.29) is 20.9 Å². The fourth-order valence-electron chi connectivity index (χ4n) is 1.95. The van der Waals surface area contributed by atoms with Crippen molar-refractivity contribution in [3.63, 3.8) is 0 Å². The van der Waals surface area contributed by atoms with Crippen molar-refractivity contribution in [2.45, 2.75) is 13.0 Å². The molecule has 2 rings (SSSR count). The van der Waals surface area contributed by atoms with Crippen LogP contribution in [0.5, 0.6) is 0 Å². The van der Waals surface area contributed by atoms with Crippen molar-refractivity contribution in [3.05, 3.63) is 41.9 Å². The Kier molecular flexibility index (Phi) is 4.94. The molecule has 3 N–H and O–H groups in total. The quantitative estimate of drug-likeness (QED) is 0.467. The minimum atomic E-state index is -3.84. The number of imidazole rings is 1. The van der Waals surface area contributed by atoms with E-state index in [0.717, 1.165) is 0 Å². The van der Waals surface area contributed by atoms with E-state index in [9.17, 15) is 13.6 Å². The summed E-state index contributed by atoms with van der Waals surface area (Å²) >= 11 is 5.83. The van der Waals surface area contributed by atoms with Crippen LogP contribution < -0.4 is 14.8 Å². The van der Waals surface area contributed by atoms with Gasteiger partial charge in [-0.05, 0) is 18.2 Å². The Morgan fingerprint density at radius 2 is 2.18 bits per heavy atom. The highest BCUT2D eigenvalue weighted by atomic mass is 35.5. The van der Waals surface area contributed by atoms with Gasteiger partial charge in [0.05, 0.1) is 35.7 Å². The Labute approximate surface area is 134 Å². The van der Waals surface area contributed by atoms with Gasteiger partial charge in [0.2, 0.25) is 6.33 Å². The molecule has 0 unspecified atom stereocenters. The van der Waals surface area contributed by atoms with Crippen LogP contribution >= 0.6 is 11.6 Å². The topological polar surface area (TPSA) is 92.4 Å². The van der Waals surface area contributed by atoms with Crippen LogP contribution in [-0.2, 0) is 23.6 Å². The second-order valence-electron chi connectivity index (χ2n) is 4.94.